The van der Waals surface area contributed by atoms with Crippen molar-refractivity contribution in [2.75, 3.05) is 0 Å². The normalized spacial score (nSPS) is 11.1. The van der Waals surface area contributed by atoms with Gasteiger partial charge < -0.3 is 5.11 Å². The van der Waals surface area contributed by atoms with Crippen molar-refractivity contribution in [3.8, 4) is 11.4 Å². The molecule has 2 aromatic heterocycles. The Kier molecular flexibility index (Phi) is 5.21. The Labute approximate surface area is 145 Å². The van der Waals surface area contributed by atoms with E-state index < -0.39 is 13.8 Å². The number of carboxylic acid groups (broad SMARTS) is 1. The summed E-state index contributed by atoms with van der Waals surface area (Å²) < 4.78 is 12.4. The highest BCUT2D eigenvalue weighted by Crippen LogP contribution is 2.30. The van der Waals surface area contributed by atoms with Crippen LogP contribution in [0.5, 0.6) is 0 Å². The molecule has 3 aromatic rings. The third-order valence-corrected chi connectivity index (χ3v) is 4.80. The molecule has 0 fully saturated rings. The molecule has 0 radical (unpaired) electrons. The van der Waals surface area contributed by atoms with Crippen LogP contribution in [-0.4, -0.2) is 26.0 Å². The number of benzene rings is 1. The second-order valence-corrected chi connectivity index (χ2v) is 6.95. The van der Waals surface area contributed by atoms with Crippen LogP contribution in [0.15, 0.2) is 60.8 Å². The first kappa shape index (κ1) is 16.9. The smallest absolute Gasteiger partial charge is 0.354 e. The lowest BCUT2D eigenvalue weighted by Gasteiger charge is -2.00. The summed E-state index contributed by atoms with van der Waals surface area (Å²) in [4.78, 5) is 23.7. The first-order valence-corrected chi connectivity index (χ1v) is 9.23. The molecule has 7 heteroatoms. The van der Waals surface area contributed by atoms with E-state index in [0.29, 0.717) is 17.2 Å². The van der Waals surface area contributed by atoms with Crippen LogP contribution in [0.1, 0.15) is 21.9 Å². The van der Waals surface area contributed by atoms with Gasteiger partial charge in [-0.15, -0.1) is 0 Å². The summed E-state index contributed by atoms with van der Waals surface area (Å²) in [5, 5.41) is 8.97. The minimum atomic E-state index is -1.64. The van der Waals surface area contributed by atoms with Crippen LogP contribution in [0.4, 0.5) is 0 Å². The molecule has 0 aliphatic carbocycles. The maximum atomic E-state index is 12.4. The Morgan fingerprint density at radius 1 is 0.920 bits per heavy atom. The highest BCUT2D eigenvalue weighted by molar-refractivity contribution is 7.42. The molecule has 0 aliphatic heterocycles. The number of nitrogens with zero attached hydrogens (tertiary/aromatic N) is 3. The summed E-state index contributed by atoms with van der Waals surface area (Å²) >= 11 is 0. The molecule has 0 aliphatic rings. The average molecular weight is 352 g/mol. The molecule has 0 amide bonds. The van der Waals surface area contributed by atoms with E-state index in [-0.39, 0.29) is 18.0 Å². The van der Waals surface area contributed by atoms with Crippen molar-refractivity contribution in [3.63, 3.8) is 0 Å². The first-order valence-electron chi connectivity index (χ1n) is 7.60. The van der Waals surface area contributed by atoms with Gasteiger partial charge in [-0.05, 0) is 18.2 Å². The van der Waals surface area contributed by atoms with Gasteiger partial charge in [-0.1, -0.05) is 41.0 Å². The molecule has 25 heavy (non-hydrogen) atoms. The second-order valence-electron chi connectivity index (χ2n) is 5.35. The van der Waals surface area contributed by atoms with Crippen LogP contribution in [0, 0.1) is 0 Å². The zero-order valence-corrected chi connectivity index (χ0v) is 14.1. The van der Waals surface area contributed by atoms with Gasteiger partial charge in [-0.25, -0.2) is 19.7 Å². The fraction of sp³-hybridized carbons (Fsp3) is 0.111. The summed E-state index contributed by atoms with van der Waals surface area (Å²) in [5.41, 5.74) is 2.03. The van der Waals surface area contributed by atoms with E-state index >= 15 is 0 Å². The van der Waals surface area contributed by atoms with Crippen molar-refractivity contribution in [2.24, 2.45) is 0 Å². The number of hydrogen-bond acceptors (Lipinski definition) is 5. The highest BCUT2D eigenvalue weighted by atomic mass is 31.1. The molecule has 1 N–H and O–H groups in total. The minimum absolute atomic E-state index is 0.0469. The Morgan fingerprint density at radius 3 is 2.36 bits per heavy atom. The number of pyridine rings is 1. The number of aromatic nitrogens is 3. The van der Waals surface area contributed by atoms with Crippen LogP contribution in [0.3, 0.4) is 0 Å². The standard InChI is InChI=1S/C18H14N3O3P/c22-18(23)16-8-4-7-14(20-16)11-25(24)12-15-9-10-19-17(21-15)13-5-2-1-3-6-13/h1-10H,11-12H2/p+1. The van der Waals surface area contributed by atoms with Crippen molar-refractivity contribution in [2.45, 2.75) is 12.3 Å². The van der Waals surface area contributed by atoms with E-state index in [2.05, 4.69) is 15.0 Å². The lowest BCUT2D eigenvalue weighted by molar-refractivity contribution is 0.0690. The van der Waals surface area contributed by atoms with E-state index in [1.165, 1.54) is 6.07 Å². The number of aromatic carboxylic acids is 1. The van der Waals surface area contributed by atoms with Gasteiger partial charge in [0.1, 0.15) is 5.69 Å². The second kappa shape index (κ2) is 7.73. The van der Waals surface area contributed by atoms with Crippen LogP contribution < -0.4 is 0 Å². The predicted octanol–water partition coefficient (Wildman–Crippen LogP) is 3.76. The van der Waals surface area contributed by atoms with Gasteiger partial charge in [0.05, 0.1) is 11.4 Å². The number of carboxylic acids is 1. The molecule has 2 heterocycles. The highest BCUT2D eigenvalue weighted by Gasteiger charge is 2.20. The third kappa shape index (κ3) is 4.52. The van der Waals surface area contributed by atoms with Crippen molar-refractivity contribution in [3.05, 3.63) is 77.9 Å². The summed E-state index contributed by atoms with van der Waals surface area (Å²) in [6.07, 6.45) is 2.15. The SMILES string of the molecule is O=C(O)c1cccc(C[P+](=O)Cc2ccnc(-c3ccccc3)n2)n1. The molecule has 0 saturated heterocycles. The number of carbonyl (C=O) groups is 1. The van der Waals surface area contributed by atoms with Gasteiger partial charge in [0, 0.05) is 11.8 Å². The zero-order chi connectivity index (χ0) is 17.6. The van der Waals surface area contributed by atoms with Gasteiger partial charge >= 0.3 is 13.8 Å². The molecule has 0 spiro atoms. The van der Waals surface area contributed by atoms with Crippen LogP contribution >= 0.6 is 7.80 Å². The van der Waals surface area contributed by atoms with Gasteiger partial charge in [0.2, 0.25) is 0 Å². The Morgan fingerprint density at radius 2 is 1.64 bits per heavy atom. The van der Waals surface area contributed by atoms with Crippen LogP contribution in [-0.2, 0) is 16.9 Å². The fourth-order valence-electron chi connectivity index (χ4n) is 2.31. The predicted molar refractivity (Wildman–Crippen MR) is 93.7 cm³/mol. The lowest BCUT2D eigenvalue weighted by Crippen LogP contribution is -2.02. The largest absolute Gasteiger partial charge is 0.477 e. The Balaban J connectivity index is 1.71. The number of hydrogen-bond donors (Lipinski definition) is 1. The van der Waals surface area contributed by atoms with Gasteiger partial charge in [0.15, 0.2) is 18.1 Å². The monoisotopic (exact) mass is 352 g/mol. The first-order chi connectivity index (χ1) is 12.1. The van der Waals surface area contributed by atoms with Crippen molar-refractivity contribution >= 4 is 13.8 Å². The molecule has 1 unspecified atom stereocenters. The van der Waals surface area contributed by atoms with E-state index in [4.69, 9.17) is 5.11 Å². The molecule has 1 aromatic carbocycles. The van der Waals surface area contributed by atoms with E-state index in [9.17, 15) is 9.36 Å². The maximum Gasteiger partial charge on any atom is 0.354 e. The summed E-state index contributed by atoms with van der Waals surface area (Å²) in [5.74, 6) is -0.507. The molecule has 1 atom stereocenters. The average Bonchev–Trinajstić information content (AvgIpc) is 2.63. The zero-order valence-electron chi connectivity index (χ0n) is 13.2. The van der Waals surface area contributed by atoms with Crippen molar-refractivity contribution in [1.29, 1.82) is 0 Å². The molecule has 6 nitrogen and oxygen atoms in total. The maximum absolute atomic E-state index is 12.4. The van der Waals surface area contributed by atoms with E-state index in [0.717, 1.165) is 5.56 Å². The molecule has 0 bridgehead atoms. The minimum Gasteiger partial charge on any atom is -0.477 e. The topological polar surface area (TPSA) is 93.0 Å². The summed E-state index contributed by atoms with van der Waals surface area (Å²) in [6, 6.07) is 16.0. The molecular formula is C18H15N3O3P+. The summed E-state index contributed by atoms with van der Waals surface area (Å²) in [6.45, 7) is 0. The third-order valence-electron chi connectivity index (χ3n) is 3.45. The molecule has 0 saturated carbocycles. The molecule has 124 valence electrons. The fourth-order valence-corrected chi connectivity index (χ4v) is 3.50. The van der Waals surface area contributed by atoms with Crippen LogP contribution in [0.2, 0.25) is 0 Å². The van der Waals surface area contributed by atoms with Crippen LogP contribution in [0.25, 0.3) is 11.4 Å². The summed E-state index contributed by atoms with van der Waals surface area (Å²) in [7, 11) is -1.64. The quantitative estimate of drug-likeness (QED) is 0.679. The van der Waals surface area contributed by atoms with Crippen molar-refractivity contribution in [1.82, 2.24) is 15.0 Å². The lowest BCUT2D eigenvalue weighted by atomic mass is 10.2. The van der Waals surface area contributed by atoms with Gasteiger partial charge in [-0.2, -0.15) is 0 Å². The molecular weight excluding hydrogens is 337 g/mol. The Hall–Kier alpha value is -2.98. The van der Waals surface area contributed by atoms with E-state index in [1.807, 2.05) is 30.3 Å². The van der Waals surface area contributed by atoms with Gasteiger partial charge in [-0.3, -0.25) is 0 Å². The van der Waals surface area contributed by atoms with Gasteiger partial charge in [0.25, 0.3) is 0 Å². The molecule has 3 rings (SSSR count). The Bertz CT molecular complexity index is 916. The number of rotatable bonds is 6. The van der Waals surface area contributed by atoms with E-state index in [1.54, 1.807) is 24.4 Å². The van der Waals surface area contributed by atoms with Crippen molar-refractivity contribution < 1.29 is 14.5 Å².